The van der Waals surface area contributed by atoms with Crippen LogP contribution in [0.15, 0.2) is 35.2 Å². The van der Waals surface area contributed by atoms with E-state index in [1.165, 1.54) is 0 Å². The monoisotopic (exact) mass is 276 g/mol. The molecule has 0 nitrogen and oxygen atoms in total. The lowest BCUT2D eigenvalue weighted by atomic mass is 10.1. The van der Waals surface area contributed by atoms with Crippen LogP contribution in [0.2, 0.25) is 0 Å². The van der Waals surface area contributed by atoms with E-state index in [2.05, 4.69) is 0 Å². The Balaban J connectivity index is 2.41. The number of hydrogen-bond acceptors (Lipinski definition) is 1. The number of halogens is 3. The second kappa shape index (κ2) is 7.72. The first-order chi connectivity index (χ1) is 8.56. The molecule has 0 bridgehead atoms. The largest absolute Gasteiger partial charge is 0.288 e. The van der Waals surface area contributed by atoms with Gasteiger partial charge in [-0.05, 0) is 18.6 Å². The molecule has 4 heteroatoms. The zero-order chi connectivity index (χ0) is 13.4. The molecular weight excluding hydrogens is 257 g/mol. The number of benzene rings is 1. The minimum Gasteiger partial charge on any atom is -0.228 e. The number of alkyl halides is 3. The molecule has 0 radical (unpaired) electrons. The maximum absolute atomic E-state index is 13.6. The van der Waals surface area contributed by atoms with Gasteiger partial charge in [0.15, 0.2) is 0 Å². The van der Waals surface area contributed by atoms with E-state index in [-0.39, 0.29) is 6.42 Å². The van der Waals surface area contributed by atoms with Gasteiger partial charge in [0, 0.05) is 11.3 Å². The molecule has 0 aliphatic carbocycles. The number of hydrogen-bond donors (Lipinski definition) is 0. The first-order valence-corrected chi connectivity index (χ1v) is 7.18. The Bertz CT molecular complexity index is 327. The van der Waals surface area contributed by atoms with Crippen molar-refractivity contribution in [3.05, 3.63) is 30.3 Å². The summed E-state index contributed by atoms with van der Waals surface area (Å²) in [5, 5.41) is 0. The smallest absolute Gasteiger partial charge is 0.228 e. The zero-order valence-electron chi connectivity index (χ0n) is 10.5. The lowest BCUT2D eigenvalue weighted by molar-refractivity contribution is -0.0462. The van der Waals surface area contributed by atoms with Crippen LogP contribution in [-0.4, -0.2) is 11.4 Å². The summed E-state index contributed by atoms with van der Waals surface area (Å²) < 4.78 is 40.7. The summed E-state index contributed by atoms with van der Waals surface area (Å²) in [7, 11) is 0. The number of rotatable bonds is 8. The second-order valence-electron chi connectivity index (χ2n) is 4.32. The summed E-state index contributed by atoms with van der Waals surface area (Å²) in [6.07, 6.45) is 2.68. The zero-order valence-corrected chi connectivity index (χ0v) is 11.4. The van der Waals surface area contributed by atoms with Crippen molar-refractivity contribution in [1.29, 1.82) is 0 Å². The Hall–Kier alpha value is -0.640. The summed E-state index contributed by atoms with van der Waals surface area (Å²) >= 11 is 0.598. The fraction of sp³-hybridized carbons (Fsp3) is 0.571. The predicted molar refractivity (Wildman–Crippen MR) is 70.9 cm³/mol. The van der Waals surface area contributed by atoms with Crippen molar-refractivity contribution in [2.24, 2.45) is 0 Å². The Morgan fingerprint density at radius 2 is 1.78 bits per heavy atom. The Labute approximate surface area is 111 Å². The summed E-state index contributed by atoms with van der Waals surface area (Å²) in [4.78, 5) is 0.540. The van der Waals surface area contributed by atoms with Gasteiger partial charge >= 0.3 is 0 Å². The van der Waals surface area contributed by atoms with E-state index >= 15 is 0 Å². The van der Waals surface area contributed by atoms with Crippen LogP contribution in [-0.2, 0) is 0 Å². The quantitative estimate of drug-likeness (QED) is 0.435. The third-order valence-electron chi connectivity index (χ3n) is 2.68. The van der Waals surface area contributed by atoms with Gasteiger partial charge in [-0.15, -0.1) is 0 Å². The highest BCUT2D eigenvalue weighted by molar-refractivity contribution is 7.99. The Kier molecular flexibility index (Phi) is 6.61. The molecule has 0 aliphatic heterocycles. The van der Waals surface area contributed by atoms with E-state index in [0.29, 0.717) is 23.1 Å². The van der Waals surface area contributed by atoms with Crippen LogP contribution >= 0.6 is 11.8 Å². The van der Waals surface area contributed by atoms with Gasteiger partial charge in [0.25, 0.3) is 5.92 Å². The predicted octanol–water partition coefficient (Wildman–Crippen LogP) is 5.68. The average Bonchev–Trinajstić information content (AvgIpc) is 2.36. The molecule has 1 aromatic rings. The summed E-state index contributed by atoms with van der Waals surface area (Å²) in [5.74, 6) is -3.24. The lowest BCUT2D eigenvalue weighted by Gasteiger charge is -2.20. The van der Waals surface area contributed by atoms with E-state index in [1.807, 2.05) is 6.92 Å². The van der Waals surface area contributed by atoms with Crippen molar-refractivity contribution >= 4 is 11.8 Å². The van der Waals surface area contributed by atoms with E-state index in [1.54, 1.807) is 30.3 Å². The molecular formula is C14H19F3S. The van der Waals surface area contributed by atoms with Crippen LogP contribution in [0.25, 0.3) is 0 Å². The van der Waals surface area contributed by atoms with Gasteiger partial charge in [-0.25, -0.2) is 13.2 Å². The molecule has 18 heavy (non-hydrogen) atoms. The van der Waals surface area contributed by atoms with Gasteiger partial charge in [-0.1, -0.05) is 56.1 Å². The highest BCUT2D eigenvalue weighted by Crippen LogP contribution is 2.38. The van der Waals surface area contributed by atoms with Gasteiger partial charge in [-0.2, -0.15) is 0 Å². The van der Waals surface area contributed by atoms with Crippen LogP contribution in [0.5, 0.6) is 0 Å². The van der Waals surface area contributed by atoms with Crippen molar-refractivity contribution in [3.8, 4) is 0 Å². The summed E-state index contributed by atoms with van der Waals surface area (Å²) in [5.41, 5.74) is -2.17. The maximum atomic E-state index is 13.6. The molecule has 0 aliphatic rings. The molecule has 0 N–H and O–H groups in total. The van der Waals surface area contributed by atoms with Crippen molar-refractivity contribution < 1.29 is 13.2 Å². The van der Waals surface area contributed by atoms with E-state index in [4.69, 9.17) is 0 Å². The standard InChI is InChI=1S/C14H19F3S/c1-2-3-4-8-11-14(16,17)13(15)18-12-9-6-5-7-10-12/h5-7,9-10,13H,2-4,8,11H2,1H3. The van der Waals surface area contributed by atoms with Crippen molar-refractivity contribution in [2.45, 2.75) is 55.3 Å². The molecule has 0 aromatic heterocycles. The first kappa shape index (κ1) is 15.4. The third kappa shape index (κ3) is 5.34. The molecule has 0 saturated carbocycles. The third-order valence-corrected chi connectivity index (χ3v) is 3.77. The molecule has 1 atom stereocenters. The second-order valence-corrected chi connectivity index (χ2v) is 5.44. The van der Waals surface area contributed by atoms with Crippen molar-refractivity contribution in [3.63, 3.8) is 0 Å². The molecule has 1 unspecified atom stereocenters. The van der Waals surface area contributed by atoms with Gasteiger partial charge < -0.3 is 0 Å². The number of thioether (sulfide) groups is 1. The van der Waals surface area contributed by atoms with E-state index in [0.717, 1.165) is 19.3 Å². The molecule has 0 spiro atoms. The highest BCUT2D eigenvalue weighted by atomic mass is 32.2. The van der Waals surface area contributed by atoms with E-state index < -0.39 is 11.4 Å². The maximum Gasteiger partial charge on any atom is 0.288 e. The van der Waals surface area contributed by atoms with Crippen molar-refractivity contribution in [1.82, 2.24) is 0 Å². The summed E-state index contributed by atoms with van der Waals surface area (Å²) in [6, 6.07) is 8.50. The molecule has 0 saturated heterocycles. The lowest BCUT2D eigenvalue weighted by Crippen LogP contribution is -2.27. The molecule has 0 fully saturated rings. The van der Waals surface area contributed by atoms with Crippen LogP contribution in [0.3, 0.4) is 0 Å². The van der Waals surface area contributed by atoms with Gasteiger partial charge in [0.2, 0.25) is 5.50 Å². The SMILES string of the molecule is CCCCCCC(F)(F)C(F)Sc1ccccc1. The van der Waals surface area contributed by atoms with Gasteiger partial charge in [0.1, 0.15) is 0 Å². The van der Waals surface area contributed by atoms with Crippen LogP contribution < -0.4 is 0 Å². The number of unbranched alkanes of at least 4 members (excludes halogenated alkanes) is 3. The average molecular weight is 276 g/mol. The highest BCUT2D eigenvalue weighted by Gasteiger charge is 2.39. The van der Waals surface area contributed by atoms with E-state index in [9.17, 15) is 13.2 Å². The van der Waals surface area contributed by atoms with Crippen LogP contribution in [0.1, 0.15) is 39.0 Å². The fourth-order valence-electron chi connectivity index (χ4n) is 1.61. The fourth-order valence-corrected chi connectivity index (χ4v) is 2.45. The normalized spacial score (nSPS) is 13.6. The van der Waals surface area contributed by atoms with Crippen molar-refractivity contribution in [2.75, 3.05) is 0 Å². The Morgan fingerprint density at radius 1 is 1.11 bits per heavy atom. The first-order valence-electron chi connectivity index (χ1n) is 6.30. The molecule has 0 heterocycles. The molecule has 1 rings (SSSR count). The van der Waals surface area contributed by atoms with Crippen LogP contribution in [0, 0.1) is 0 Å². The molecule has 102 valence electrons. The minimum absolute atomic E-state index is 0.367. The molecule has 1 aromatic carbocycles. The summed E-state index contributed by atoms with van der Waals surface area (Å²) in [6.45, 7) is 2.02. The minimum atomic E-state index is -3.24. The Morgan fingerprint density at radius 3 is 2.39 bits per heavy atom. The van der Waals surface area contributed by atoms with Crippen LogP contribution in [0.4, 0.5) is 13.2 Å². The van der Waals surface area contributed by atoms with Gasteiger partial charge in [0.05, 0.1) is 0 Å². The topological polar surface area (TPSA) is 0 Å². The molecule has 0 amide bonds. The van der Waals surface area contributed by atoms with Gasteiger partial charge in [-0.3, -0.25) is 0 Å².